The zero-order chi connectivity index (χ0) is 11.6. The van der Waals surface area contributed by atoms with Crippen LogP contribution in [0, 0.1) is 4.91 Å². The van der Waals surface area contributed by atoms with E-state index in [1.165, 1.54) is 0 Å². The molecular formula is C11H12N2O2Se. The number of nitroso groups, excluding NO2 is 1. The predicted molar refractivity (Wildman–Crippen MR) is 64.2 cm³/mol. The number of benzene rings is 1. The molecule has 0 aromatic heterocycles. The fraction of sp³-hybridized carbons (Fsp3) is 0.364. The molecule has 1 aliphatic rings. The Morgan fingerprint density at radius 1 is 1.44 bits per heavy atom. The van der Waals surface area contributed by atoms with Gasteiger partial charge in [-0.2, -0.15) is 0 Å². The van der Waals surface area contributed by atoms with E-state index in [2.05, 4.69) is 9.19 Å². The van der Waals surface area contributed by atoms with Crippen molar-refractivity contribution in [2.45, 2.75) is 19.4 Å². The van der Waals surface area contributed by atoms with Crippen molar-refractivity contribution in [2.24, 2.45) is 9.19 Å². The number of ether oxygens (including phenoxy) is 1. The van der Waals surface area contributed by atoms with Gasteiger partial charge in [-0.15, -0.1) is 0 Å². The number of hydrogen-bond donors (Lipinski definition) is 0. The van der Waals surface area contributed by atoms with Crippen molar-refractivity contribution in [1.29, 1.82) is 0 Å². The van der Waals surface area contributed by atoms with Crippen LogP contribution in [-0.2, 0) is 4.74 Å². The molecule has 1 aromatic rings. The topological polar surface area (TPSA) is 51.0 Å². The first-order valence-electron chi connectivity index (χ1n) is 4.94. The first kappa shape index (κ1) is 11.3. The van der Waals surface area contributed by atoms with E-state index in [1.54, 1.807) is 0 Å². The summed E-state index contributed by atoms with van der Waals surface area (Å²) in [5.41, 5.74) is 0.719. The molecular weight excluding hydrogens is 271 g/mol. The normalized spacial score (nSPS) is 17.8. The Labute approximate surface area is 100 Å². The summed E-state index contributed by atoms with van der Waals surface area (Å²) in [7, 11) is 0. The van der Waals surface area contributed by atoms with Crippen LogP contribution in [0.2, 0.25) is 0 Å². The molecule has 0 bridgehead atoms. The monoisotopic (exact) mass is 284 g/mol. The maximum atomic E-state index is 10.4. The van der Waals surface area contributed by atoms with Crippen LogP contribution in [0.4, 0.5) is 0 Å². The summed E-state index contributed by atoms with van der Waals surface area (Å²) in [5.74, 6) is 0.631. The van der Waals surface area contributed by atoms with E-state index in [-0.39, 0.29) is 5.54 Å². The number of nitrogens with zero attached hydrogens (tertiary/aromatic N) is 2. The molecule has 0 aliphatic carbocycles. The third-order valence-electron chi connectivity index (χ3n) is 2.22. The van der Waals surface area contributed by atoms with Crippen molar-refractivity contribution in [3.05, 3.63) is 34.7 Å². The Kier molecular flexibility index (Phi) is 3.08. The second-order valence-corrected chi connectivity index (χ2v) is 5.80. The Morgan fingerprint density at radius 2 is 2.19 bits per heavy atom. The van der Waals surface area contributed by atoms with E-state index in [0.29, 0.717) is 12.5 Å². The summed E-state index contributed by atoms with van der Waals surface area (Å²) in [6.45, 7) is 4.62. The standard InChI is InChI=1S/C11H12N2O2Se/c1-11(2)7-15-10(12-11)8-5-3-4-6-9(8)16-13-14/h3-6H,7H2,1-2H3. The van der Waals surface area contributed by atoms with E-state index >= 15 is 0 Å². The Morgan fingerprint density at radius 3 is 2.81 bits per heavy atom. The summed E-state index contributed by atoms with van der Waals surface area (Å²) >= 11 is -0.408. The molecule has 1 aliphatic heterocycles. The van der Waals surface area contributed by atoms with Gasteiger partial charge in [0.2, 0.25) is 0 Å². The van der Waals surface area contributed by atoms with Crippen molar-refractivity contribution in [1.82, 2.24) is 0 Å². The van der Waals surface area contributed by atoms with E-state index in [4.69, 9.17) is 4.74 Å². The molecule has 5 heteroatoms. The van der Waals surface area contributed by atoms with Crippen LogP contribution in [0.25, 0.3) is 0 Å². The van der Waals surface area contributed by atoms with Gasteiger partial charge in [0.15, 0.2) is 0 Å². The predicted octanol–water partition coefficient (Wildman–Crippen LogP) is 1.25. The quantitative estimate of drug-likeness (QED) is 0.619. The number of rotatable bonds is 3. The first-order valence-corrected chi connectivity index (χ1v) is 6.56. The van der Waals surface area contributed by atoms with Crippen LogP contribution < -0.4 is 4.46 Å². The molecule has 0 spiro atoms. The Bertz CT molecular complexity index is 443. The minimum atomic E-state index is -0.408. The summed E-state index contributed by atoms with van der Waals surface area (Å²) in [5, 5.41) is 0. The van der Waals surface area contributed by atoms with Gasteiger partial charge in [0.25, 0.3) is 0 Å². The average molecular weight is 283 g/mol. The molecule has 0 N–H and O–H groups in total. The van der Waals surface area contributed by atoms with Crippen molar-refractivity contribution in [2.75, 3.05) is 6.61 Å². The van der Waals surface area contributed by atoms with Crippen LogP contribution in [0.3, 0.4) is 0 Å². The number of aliphatic imine (C=N–C) groups is 1. The molecule has 84 valence electrons. The Balaban J connectivity index is 2.37. The number of hydrogen-bond acceptors (Lipinski definition) is 4. The molecule has 16 heavy (non-hydrogen) atoms. The van der Waals surface area contributed by atoms with Gasteiger partial charge in [-0.3, -0.25) is 0 Å². The van der Waals surface area contributed by atoms with E-state index in [0.717, 1.165) is 10.0 Å². The van der Waals surface area contributed by atoms with E-state index in [9.17, 15) is 4.91 Å². The fourth-order valence-electron chi connectivity index (χ4n) is 1.49. The molecule has 1 heterocycles. The molecule has 0 unspecified atom stereocenters. The first-order chi connectivity index (χ1) is 7.62. The molecule has 0 amide bonds. The van der Waals surface area contributed by atoms with Gasteiger partial charge in [-0.1, -0.05) is 0 Å². The zero-order valence-corrected chi connectivity index (χ0v) is 10.8. The SMILES string of the molecule is CC1(C)COC(c2ccccc2[Se]N=O)=N1. The van der Waals surface area contributed by atoms with Gasteiger partial charge < -0.3 is 0 Å². The van der Waals surface area contributed by atoms with Crippen molar-refractivity contribution in [3.63, 3.8) is 0 Å². The summed E-state index contributed by atoms with van der Waals surface area (Å²) in [6.07, 6.45) is 0. The van der Waals surface area contributed by atoms with Gasteiger partial charge in [0, 0.05) is 0 Å². The van der Waals surface area contributed by atoms with Crippen LogP contribution in [0.1, 0.15) is 19.4 Å². The molecule has 0 saturated heterocycles. The van der Waals surface area contributed by atoms with Crippen LogP contribution in [0.15, 0.2) is 33.5 Å². The van der Waals surface area contributed by atoms with Crippen LogP contribution in [-0.4, -0.2) is 33.2 Å². The second kappa shape index (κ2) is 4.36. The fourth-order valence-corrected chi connectivity index (χ4v) is 2.48. The zero-order valence-electron chi connectivity index (χ0n) is 9.14. The second-order valence-electron chi connectivity index (χ2n) is 4.18. The average Bonchev–Trinajstić information content (AvgIpc) is 2.60. The molecule has 0 radical (unpaired) electrons. The summed E-state index contributed by atoms with van der Waals surface area (Å²) in [4.78, 5) is 14.9. The van der Waals surface area contributed by atoms with Gasteiger partial charge in [0.05, 0.1) is 0 Å². The van der Waals surface area contributed by atoms with Crippen LogP contribution in [0.5, 0.6) is 0 Å². The van der Waals surface area contributed by atoms with Gasteiger partial charge in [0.1, 0.15) is 0 Å². The molecule has 1 aromatic carbocycles. The van der Waals surface area contributed by atoms with Gasteiger partial charge in [-0.25, -0.2) is 0 Å². The molecule has 0 atom stereocenters. The Hall–Kier alpha value is -1.19. The van der Waals surface area contributed by atoms with E-state index < -0.39 is 15.2 Å². The third-order valence-corrected chi connectivity index (χ3v) is 3.54. The third kappa shape index (κ3) is 2.31. The minimum absolute atomic E-state index is 0.177. The van der Waals surface area contributed by atoms with Crippen molar-refractivity contribution >= 4 is 25.5 Å². The van der Waals surface area contributed by atoms with Crippen molar-refractivity contribution in [3.8, 4) is 0 Å². The van der Waals surface area contributed by atoms with Crippen molar-refractivity contribution < 1.29 is 4.74 Å². The van der Waals surface area contributed by atoms with Crippen LogP contribution >= 0.6 is 0 Å². The maximum absolute atomic E-state index is 10.4. The van der Waals surface area contributed by atoms with E-state index in [1.807, 2.05) is 38.1 Å². The van der Waals surface area contributed by atoms with Gasteiger partial charge >= 0.3 is 100 Å². The molecule has 0 saturated carbocycles. The summed E-state index contributed by atoms with van der Waals surface area (Å²) in [6, 6.07) is 7.62. The molecule has 2 rings (SSSR count). The molecule has 0 fully saturated rings. The molecule has 4 nitrogen and oxygen atoms in total. The van der Waals surface area contributed by atoms with Gasteiger partial charge in [-0.05, 0) is 0 Å². The summed E-state index contributed by atoms with van der Waals surface area (Å²) < 4.78 is 9.45.